The lowest BCUT2D eigenvalue weighted by Gasteiger charge is -2.42. The smallest absolute Gasteiger partial charge is 0.00984 e. The number of rotatable bonds is 0. The minimum Gasteiger partial charge on any atom is -0.158 e. The van der Waals surface area contributed by atoms with Crippen LogP contribution >= 0.6 is 11.8 Å². The van der Waals surface area contributed by atoms with Gasteiger partial charge < -0.3 is 0 Å². The van der Waals surface area contributed by atoms with Gasteiger partial charge in [0, 0.05) is 5.25 Å². The molecule has 14 heavy (non-hydrogen) atoms. The van der Waals surface area contributed by atoms with E-state index in [4.69, 9.17) is 0 Å². The van der Waals surface area contributed by atoms with Crippen molar-refractivity contribution in [1.29, 1.82) is 0 Å². The minimum atomic E-state index is 0.481. The lowest BCUT2D eigenvalue weighted by atomic mass is 9.73. The van der Waals surface area contributed by atoms with Gasteiger partial charge in [0.05, 0.1) is 0 Å². The van der Waals surface area contributed by atoms with Crippen LogP contribution in [0.5, 0.6) is 0 Å². The van der Waals surface area contributed by atoms with Crippen LogP contribution in [0, 0.1) is 16.7 Å². The molecular formula is C13H26S. The summed E-state index contributed by atoms with van der Waals surface area (Å²) in [5.41, 5.74) is 0.985. The Morgan fingerprint density at radius 3 is 1.93 bits per heavy atom. The minimum absolute atomic E-state index is 0.481. The van der Waals surface area contributed by atoms with E-state index in [1.807, 2.05) is 0 Å². The van der Waals surface area contributed by atoms with E-state index in [0.29, 0.717) is 10.8 Å². The molecule has 1 aliphatic rings. The van der Waals surface area contributed by atoms with E-state index in [1.54, 1.807) is 0 Å². The van der Waals surface area contributed by atoms with E-state index < -0.39 is 0 Å². The summed E-state index contributed by atoms with van der Waals surface area (Å²) in [5, 5.41) is 0.862. The van der Waals surface area contributed by atoms with E-state index in [-0.39, 0.29) is 0 Å². The molecule has 1 saturated heterocycles. The van der Waals surface area contributed by atoms with Crippen molar-refractivity contribution in [3.63, 3.8) is 0 Å². The summed E-state index contributed by atoms with van der Waals surface area (Å²) in [4.78, 5) is 0. The van der Waals surface area contributed by atoms with Gasteiger partial charge in [-0.2, -0.15) is 11.8 Å². The first-order valence-corrected chi connectivity index (χ1v) is 6.88. The van der Waals surface area contributed by atoms with Gasteiger partial charge in [-0.1, -0.05) is 41.5 Å². The van der Waals surface area contributed by atoms with E-state index >= 15 is 0 Å². The zero-order valence-electron chi connectivity index (χ0n) is 10.7. The molecule has 2 atom stereocenters. The third-order valence-corrected chi connectivity index (χ3v) is 5.25. The zero-order valence-corrected chi connectivity index (χ0v) is 11.5. The van der Waals surface area contributed by atoms with Gasteiger partial charge in [-0.3, -0.25) is 0 Å². The first kappa shape index (κ1) is 12.4. The van der Waals surface area contributed by atoms with Gasteiger partial charge in [-0.15, -0.1) is 0 Å². The normalized spacial score (nSPS) is 30.4. The first-order chi connectivity index (χ1) is 6.21. The van der Waals surface area contributed by atoms with Crippen LogP contribution in [0.25, 0.3) is 0 Å². The third kappa shape index (κ3) is 3.18. The highest BCUT2D eigenvalue weighted by Gasteiger charge is 2.35. The molecule has 0 aromatic heterocycles. The summed E-state index contributed by atoms with van der Waals surface area (Å²) in [6.45, 7) is 14.3. The molecule has 1 fully saturated rings. The molecule has 0 bridgehead atoms. The molecule has 1 heterocycles. The van der Waals surface area contributed by atoms with Crippen molar-refractivity contribution in [2.24, 2.45) is 16.7 Å². The SMILES string of the molecule is CC(C)(C)C1CCSC(C(C)(C)C)C1. The van der Waals surface area contributed by atoms with E-state index in [2.05, 4.69) is 53.3 Å². The molecule has 0 radical (unpaired) electrons. The fourth-order valence-electron chi connectivity index (χ4n) is 2.19. The van der Waals surface area contributed by atoms with Crippen LogP contribution in [0.4, 0.5) is 0 Å². The Morgan fingerprint density at radius 2 is 1.50 bits per heavy atom. The van der Waals surface area contributed by atoms with Gasteiger partial charge in [0.2, 0.25) is 0 Å². The molecule has 0 nitrogen and oxygen atoms in total. The summed E-state index contributed by atoms with van der Waals surface area (Å²) in [5.74, 6) is 2.29. The molecule has 1 aliphatic heterocycles. The quantitative estimate of drug-likeness (QED) is 0.568. The van der Waals surface area contributed by atoms with E-state index in [0.717, 1.165) is 11.2 Å². The summed E-state index contributed by atoms with van der Waals surface area (Å²) in [7, 11) is 0. The fourth-order valence-corrected chi connectivity index (χ4v) is 3.76. The fraction of sp³-hybridized carbons (Fsp3) is 1.00. The summed E-state index contributed by atoms with van der Waals surface area (Å²) in [6.07, 6.45) is 2.83. The summed E-state index contributed by atoms with van der Waals surface area (Å²) >= 11 is 2.19. The Labute approximate surface area is 94.2 Å². The predicted molar refractivity (Wildman–Crippen MR) is 67.9 cm³/mol. The van der Waals surface area contributed by atoms with Crippen LogP contribution < -0.4 is 0 Å². The highest BCUT2D eigenvalue weighted by Crippen LogP contribution is 2.45. The molecule has 0 N–H and O–H groups in total. The number of hydrogen-bond donors (Lipinski definition) is 0. The van der Waals surface area contributed by atoms with E-state index in [9.17, 15) is 0 Å². The Kier molecular flexibility index (Phi) is 3.62. The van der Waals surface area contributed by atoms with Crippen molar-refractivity contribution in [2.75, 3.05) is 5.75 Å². The molecule has 0 aromatic rings. The highest BCUT2D eigenvalue weighted by molar-refractivity contribution is 8.00. The molecule has 1 rings (SSSR count). The molecular weight excluding hydrogens is 188 g/mol. The molecule has 0 saturated carbocycles. The van der Waals surface area contributed by atoms with E-state index in [1.165, 1.54) is 18.6 Å². The zero-order chi connectivity index (χ0) is 11.0. The van der Waals surface area contributed by atoms with Crippen LogP contribution in [-0.2, 0) is 0 Å². The average Bonchev–Trinajstić information content (AvgIpc) is 2.01. The maximum atomic E-state index is 2.40. The monoisotopic (exact) mass is 214 g/mol. The van der Waals surface area contributed by atoms with Gasteiger partial charge in [0.1, 0.15) is 0 Å². The topological polar surface area (TPSA) is 0 Å². The van der Waals surface area contributed by atoms with Crippen molar-refractivity contribution >= 4 is 11.8 Å². The van der Waals surface area contributed by atoms with Crippen molar-refractivity contribution in [1.82, 2.24) is 0 Å². The maximum Gasteiger partial charge on any atom is 0.00984 e. The first-order valence-electron chi connectivity index (χ1n) is 5.83. The van der Waals surface area contributed by atoms with Crippen molar-refractivity contribution in [2.45, 2.75) is 59.6 Å². The van der Waals surface area contributed by atoms with Gasteiger partial charge in [-0.05, 0) is 35.3 Å². The molecule has 0 amide bonds. The maximum absolute atomic E-state index is 2.40. The molecule has 1 heteroatoms. The van der Waals surface area contributed by atoms with Crippen LogP contribution in [0.15, 0.2) is 0 Å². The van der Waals surface area contributed by atoms with Gasteiger partial charge in [-0.25, -0.2) is 0 Å². The number of thioether (sulfide) groups is 1. The number of hydrogen-bond acceptors (Lipinski definition) is 1. The van der Waals surface area contributed by atoms with Crippen LogP contribution in [0.2, 0.25) is 0 Å². The van der Waals surface area contributed by atoms with Crippen molar-refractivity contribution in [3.05, 3.63) is 0 Å². The Morgan fingerprint density at radius 1 is 0.929 bits per heavy atom. The van der Waals surface area contributed by atoms with Crippen molar-refractivity contribution in [3.8, 4) is 0 Å². The molecule has 84 valence electrons. The van der Waals surface area contributed by atoms with Crippen LogP contribution in [0.1, 0.15) is 54.4 Å². The molecule has 0 aromatic carbocycles. The lowest BCUT2D eigenvalue weighted by molar-refractivity contribution is 0.190. The third-order valence-electron chi connectivity index (χ3n) is 3.47. The van der Waals surface area contributed by atoms with Gasteiger partial charge in [0.25, 0.3) is 0 Å². The predicted octanol–water partition coefficient (Wildman–Crippen LogP) is 4.59. The van der Waals surface area contributed by atoms with Gasteiger partial charge in [0.15, 0.2) is 0 Å². The second-order valence-electron chi connectivity index (χ2n) is 6.81. The second-order valence-corrected chi connectivity index (χ2v) is 8.12. The second kappa shape index (κ2) is 4.08. The standard InChI is InChI=1S/C13H26S/c1-12(2,3)10-7-8-14-11(9-10)13(4,5)6/h10-11H,7-9H2,1-6H3. The Bertz CT molecular complexity index is 162. The van der Waals surface area contributed by atoms with Crippen LogP contribution in [-0.4, -0.2) is 11.0 Å². The molecule has 0 aliphatic carbocycles. The molecule has 0 spiro atoms. The summed E-state index contributed by atoms with van der Waals surface area (Å²) in [6, 6.07) is 0. The Balaban J connectivity index is 2.61. The molecule has 2 unspecified atom stereocenters. The largest absolute Gasteiger partial charge is 0.158 e. The lowest BCUT2D eigenvalue weighted by Crippen LogP contribution is -2.34. The highest BCUT2D eigenvalue weighted by atomic mass is 32.2. The average molecular weight is 214 g/mol. The summed E-state index contributed by atoms with van der Waals surface area (Å²) < 4.78 is 0. The van der Waals surface area contributed by atoms with Gasteiger partial charge >= 0.3 is 0 Å². The van der Waals surface area contributed by atoms with Crippen molar-refractivity contribution < 1.29 is 0 Å². The van der Waals surface area contributed by atoms with Crippen LogP contribution in [0.3, 0.4) is 0 Å². The Hall–Kier alpha value is 0.350.